The van der Waals surface area contributed by atoms with E-state index in [9.17, 15) is 8.78 Å². The molecule has 3 rings (SSSR count). The Morgan fingerprint density at radius 2 is 1.10 bits per heavy atom. The van der Waals surface area contributed by atoms with Crippen LogP contribution in [0.5, 0.6) is 0 Å². The number of halogens is 4. The number of hydrogen-bond donors (Lipinski definition) is 0. The Balaban J connectivity index is 0.00000107. The molecule has 0 aliphatic heterocycles. The quantitative estimate of drug-likeness (QED) is 0.335. The SMILES string of the molecule is CC(=Nc1cccc(F)c1C)c1cccc(C(C)=Nc2cccc(F)c2C)n1.[Cl][Co][Cl]. The maximum atomic E-state index is 13.7. The van der Waals surface area contributed by atoms with Crippen molar-refractivity contribution >= 4 is 43.1 Å². The predicted octanol–water partition coefficient (Wildman–Crippen LogP) is 7.63. The molecule has 0 bridgehead atoms. The normalized spacial score (nSPS) is 11.9. The molecule has 1 aromatic heterocycles. The van der Waals surface area contributed by atoms with Crippen LogP contribution < -0.4 is 0 Å². The molecule has 0 unspecified atom stereocenters. The summed E-state index contributed by atoms with van der Waals surface area (Å²) in [4.78, 5) is 13.7. The summed E-state index contributed by atoms with van der Waals surface area (Å²) in [6.45, 7) is 7.06. The minimum atomic E-state index is -0.288. The number of aromatic nitrogens is 1. The van der Waals surface area contributed by atoms with E-state index in [0.717, 1.165) is 0 Å². The first-order valence-corrected chi connectivity index (χ1v) is 12.1. The van der Waals surface area contributed by atoms with Gasteiger partial charge in [-0.2, -0.15) is 0 Å². The van der Waals surface area contributed by atoms with Gasteiger partial charge in [0.2, 0.25) is 0 Å². The summed E-state index contributed by atoms with van der Waals surface area (Å²) in [6.07, 6.45) is 0. The van der Waals surface area contributed by atoms with Gasteiger partial charge in [0.25, 0.3) is 0 Å². The number of benzene rings is 2. The van der Waals surface area contributed by atoms with Crippen molar-refractivity contribution in [3.05, 3.63) is 88.7 Å². The summed E-state index contributed by atoms with van der Waals surface area (Å²) >= 11 is 0.382. The topological polar surface area (TPSA) is 37.6 Å². The Morgan fingerprint density at radius 3 is 1.48 bits per heavy atom. The van der Waals surface area contributed by atoms with Crippen LogP contribution in [-0.2, 0) is 12.9 Å². The molecule has 0 saturated heterocycles. The average Bonchev–Trinajstić information content (AvgIpc) is 2.75. The fraction of sp³-hybridized carbons (Fsp3) is 0.174. The van der Waals surface area contributed by atoms with Gasteiger partial charge in [0, 0.05) is 11.1 Å². The van der Waals surface area contributed by atoms with Crippen molar-refractivity contribution in [3.8, 4) is 0 Å². The standard InChI is InChI=1S/C23H21F2N3.2ClH.Co/c1-14-18(24)8-5-10-20(14)26-16(3)22-12-7-13-23(28-22)17(4)27-21-11-6-9-19(25)15(21)2;;;/h5-13H,1-4H3;2*1H;/q;;;+2/p-2. The zero-order valence-electron chi connectivity index (χ0n) is 17.4. The molecule has 0 saturated carbocycles. The number of hydrogen-bond acceptors (Lipinski definition) is 3. The second-order valence-electron chi connectivity index (χ2n) is 6.62. The molecular weight excluding hydrogens is 486 g/mol. The van der Waals surface area contributed by atoms with Crippen LogP contribution in [0.25, 0.3) is 0 Å². The summed E-state index contributed by atoms with van der Waals surface area (Å²) < 4.78 is 27.5. The fourth-order valence-electron chi connectivity index (χ4n) is 2.75. The number of pyridine rings is 1. The van der Waals surface area contributed by atoms with E-state index < -0.39 is 0 Å². The third-order valence-corrected chi connectivity index (χ3v) is 4.54. The Hall–Kier alpha value is -2.12. The van der Waals surface area contributed by atoms with E-state index in [2.05, 4.69) is 15.0 Å². The van der Waals surface area contributed by atoms with E-state index in [1.165, 1.54) is 12.1 Å². The van der Waals surface area contributed by atoms with Crippen LogP contribution in [0.15, 0.2) is 64.6 Å². The second-order valence-corrected chi connectivity index (χ2v) is 8.34. The van der Waals surface area contributed by atoms with Crippen LogP contribution in [0.1, 0.15) is 36.4 Å². The zero-order chi connectivity index (χ0) is 23.0. The van der Waals surface area contributed by atoms with Gasteiger partial charge in [-0.05, 0) is 64.1 Å². The number of nitrogens with zero attached hydrogens (tertiary/aromatic N) is 3. The molecule has 165 valence electrons. The van der Waals surface area contributed by atoms with Gasteiger partial charge in [-0.25, -0.2) is 13.8 Å². The summed E-state index contributed by atoms with van der Waals surface area (Å²) in [7, 11) is 9.47. The van der Waals surface area contributed by atoms with Crippen LogP contribution >= 0.6 is 20.3 Å². The van der Waals surface area contributed by atoms with Crippen molar-refractivity contribution in [2.24, 2.45) is 9.98 Å². The molecule has 31 heavy (non-hydrogen) atoms. The molecule has 1 heterocycles. The van der Waals surface area contributed by atoms with Crippen LogP contribution in [-0.4, -0.2) is 16.4 Å². The van der Waals surface area contributed by atoms with Gasteiger partial charge in [-0.15, -0.1) is 0 Å². The van der Waals surface area contributed by atoms with Gasteiger partial charge in [-0.3, -0.25) is 9.98 Å². The summed E-state index contributed by atoms with van der Waals surface area (Å²) in [5.41, 5.74) is 4.83. The molecule has 0 spiro atoms. The van der Waals surface area contributed by atoms with Gasteiger partial charge in [0.05, 0.1) is 34.2 Å². The van der Waals surface area contributed by atoms with Gasteiger partial charge >= 0.3 is 33.2 Å². The average molecular weight is 507 g/mol. The van der Waals surface area contributed by atoms with Gasteiger partial charge in [-0.1, -0.05) is 18.2 Å². The predicted molar refractivity (Wildman–Crippen MR) is 122 cm³/mol. The van der Waals surface area contributed by atoms with Crippen LogP contribution in [0, 0.1) is 25.5 Å². The van der Waals surface area contributed by atoms with Gasteiger partial charge < -0.3 is 0 Å². The molecule has 0 radical (unpaired) electrons. The first-order chi connectivity index (χ1) is 14.8. The molecular formula is C23H21Cl2CoF2N3. The monoisotopic (exact) mass is 506 g/mol. The Bertz CT molecular complexity index is 1030. The molecule has 0 amide bonds. The maximum absolute atomic E-state index is 13.7. The van der Waals surface area contributed by atoms with Crippen LogP contribution in [0.2, 0.25) is 0 Å². The molecule has 0 fully saturated rings. The van der Waals surface area contributed by atoms with E-state index in [0.29, 0.717) is 58.2 Å². The number of rotatable bonds is 4. The molecule has 0 aliphatic carbocycles. The van der Waals surface area contributed by atoms with E-state index in [1.807, 2.05) is 32.0 Å². The fourth-order valence-corrected chi connectivity index (χ4v) is 2.75. The summed E-state index contributed by atoms with van der Waals surface area (Å²) in [5, 5.41) is 0. The molecule has 3 nitrogen and oxygen atoms in total. The van der Waals surface area contributed by atoms with E-state index in [4.69, 9.17) is 20.3 Å². The summed E-state index contributed by atoms with van der Waals surface area (Å²) in [6, 6.07) is 15.2. The second kappa shape index (κ2) is 12.1. The van der Waals surface area contributed by atoms with E-state index in [-0.39, 0.29) is 11.6 Å². The van der Waals surface area contributed by atoms with Gasteiger partial charge in [0.15, 0.2) is 0 Å². The Morgan fingerprint density at radius 1 is 0.742 bits per heavy atom. The molecule has 0 N–H and O–H groups in total. The third-order valence-electron chi connectivity index (χ3n) is 4.54. The van der Waals surface area contributed by atoms with Crippen LogP contribution in [0.4, 0.5) is 20.2 Å². The molecule has 3 aromatic rings. The van der Waals surface area contributed by atoms with Crippen molar-refractivity contribution in [1.29, 1.82) is 0 Å². The number of aliphatic imine (C=N–C) groups is 2. The van der Waals surface area contributed by atoms with Crippen LogP contribution in [0.3, 0.4) is 0 Å². The Kier molecular flexibility index (Phi) is 9.77. The van der Waals surface area contributed by atoms with Gasteiger partial charge in [0.1, 0.15) is 11.6 Å². The van der Waals surface area contributed by atoms with Crippen molar-refractivity contribution in [2.45, 2.75) is 27.7 Å². The van der Waals surface area contributed by atoms with Crippen molar-refractivity contribution < 1.29 is 21.7 Å². The molecule has 0 atom stereocenters. The first-order valence-electron chi connectivity index (χ1n) is 9.20. The van der Waals surface area contributed by atoms with E-state index >= 15 is 0 Å². The third kappa shape index (κ3) is 6.94. The zero-order valence-corrected chi connectivity index (χ0v) is 19.9. The van der Waals surface area contributed by atoms with Crippen molar-refractivity contribution in [2.75, 3.05) is 0 Å². The molecule has 0 aliphatic rings. The van der Waals surface area contributed by atoms with Crippen molar-refractivity contribution in [1.82, 2.24) is 4.98 Å². The first kappa shape index (κ1) is 25.1. The minimum absolute atomic E-state index is 0.288. The Labute approximate surface area is 195 Å². The van der Waals surface area contributed by atoms with Crippen molar-refractivity contribution in [3.63, 3.8) is 0 Å². The molecule has 8 heteroatoms. The molecule has 2 aromatic carbocycles. The summed E-state index contributed by atoms with van der Waals surface area (Å²) in [5.74, 6) is -0.576. The van der Waals surface area contributed by atoms with E-state index in [1.54, 1.807) is 38.1 Å².